The zero-order valence-electron chi connectivity index (χ0n) is 23.2. The van der Waals surface area contributed by atoms with Gasteiger partial charge in [-0.15, -0.1) is 0 Å². The lowest BCUT2D eigenvalue weighted by Gasteiger charge is -2.25. The Labute approximate surface area is 227 Å². The first kappa shape index (κ1) is 32.1. The van der Waals surface area contributed by atoms with Gasteiger partial charge in [-0.2, -0.15) is 0 Å². The van der Waals surface area contributed by atoms with Gasteiger partial charge in [0.1, 0.15) is 6.04 Å². The lowest BCUT2D eigenvalue weighted by molar-refractivity contribution is -0.132. The van der Waals surface area contributed by atoms with Crippen molar-refractivity contribution in [1.82, 2.24) is 10.2 Å². The number of hydrogen-bond acceptors (Lipinski definition) is 4. The molecule has 38 heavy (non-hydrogen) atoms. The lowest BCUT2D eigenvalue weighted by Crippen LogP contribution is -2.48. The molecule has 7 heteroatoms. The van der Waals surface area contributed by atoms with Gasteiger partial charge in [0.05, 0.1) is 0 Å². The first-order valence-corrected chi connectivity index (χ1v) is 13.2. The number of amides is 3. The Hall–Kier alpha value is -3.97. The van der Waals surface area contributed by atoms with Crippen LogP contribution in [0.4, 0.5) is 5.69 Å². The minimum atomic E-state index is -0.485. The highest BCUT2D eigenvalue weighted by molar-refractivity contribution is 5.97. The van der Waals surface area contributed by atoms with E-state index in [-0.39, 0.29) is 11.8 Å². The number of carbonyl (C=O) groups is 3. The standard InChI is InChI=1S/C21H26N2O2.C8H10N2O.C2H6/c1-4-19(21(25)23(5-2)6-3)22-20(24)18-14-12-17(13-15-18)16-10-8-7-9-11-16;9-5-7-2-1-3-8(4-7)10-6-11;1-2/h7-15,19H,4-6H2,1-3H3,(H,22,24);1-4,6H,5,9H2,(H,10,11);1-2H3. The maximum Gasteiger partial charge on any atom is 0.251 e. The van der Waals surface area contributed by atoms with Crippen molar-refractivity contribution in [1.29, 1.82) is 0 Å². The molecule has 204 valence electrons. The maximum absolute atomic E-state index is 12.5. The summed E-state index contributed by atoms with van der Waals surface area (Å²) < 4.78 is 0. The lowest BCUT2D eigenvalue weighted by atomic mass is 10.0. The highest BCUT2D eigenvalue weighted by Crippen LogP contribution is 2.19. The monoisotopic (exact) mass is 518 g/mol. The molecule has 0 saturated carbocycles. The number of hydrogen-bond donors (Lipinski definition) is 3. The smallest absolute Gasteiger partial charge is 0.251 e. The van der Waals surface area contributed by atoms with Crippen LogP contribution in [0.25, 0.3) is 11.1 Å². The summed E-state index contributed by atoms with van der Waals surface area (Å²) in [7, 11) is 0. The van der Waals surface area contributed by atoms with Crippen molar-refractivity contribution in [3.05, 3.63) is 90.0 Å². The Kier molecular flexibility index (Phi) is 15.4. The topological polar surface area (TPSA) is 105 Å². The summed E-state index contributed by atoms with van der Waals surface area (Å²) in [5.41, 5.74) is 9.92. The van der Waals surface area contributed by atoms with Gasteiger partial charge < -0.3 is 21.3 Å². The molecule has 1 unspecified atom stereocenters. The third-order valence-electron chi connectivity index (χ3n) is 5.73. The summed E-state index contributed by atoms with van der Waals surface area (Å²) in [6.45, 7) is 11.6. The van der Waals surface area contributed by atoms with Gasteiger partial charge in [0.15, 0.2) is 0 Å². The molecule has 0 aliphatic rings. The van der Waals surface area contributed by atoms with E-state index in [1.54, 1.807) is 17.0 Å². The second kappa shape index (κ2) is 18.3. The number of carbonyl (C=O) groups excluding carboxylic acids is 3. The number of anilines is 1. The third-order valence-corrected chi connectivity index (χ3v) is 5.73. The molecular weight excluding hydrogens is 476 g/mol. The van der Waals surface area contributed by atoms with Crippen molar-refractivity contribution in [2.24, 2.45) is 5.73 Å². The molecule has 0 aliphatic carbocycles. The molecule has 3 amide bonds. The molecule has 0 aromatic heterocycles. The fourth-order valence-electron chi connectivity index (χ4n) is 3.64. The number of likely N-dealkylation sites (N-methyl/N-ethyl adjacent to an activating group) is 1. The summed E-state index contributed by atoms with van der Waals surface area (Å²) in [5, 5.41) is 5.41. The van der Waals surface area contributed by atoms with Crippen molar-refractivity contribution in [2.75, 3.05) is 18.4 Å². The summed E-state index contributed by atoms with van der Waals surface area (Å²) in [5.74, 6) is -0.242. The zero-order chi connectivity index (χ0) is 28.3. The molecule has 0 saturated heterocycles. The quantitative estimate of drug-likeness (QED) is 0.310. The van der Waals surface area contributed by atoms with Crippen LogP contribution in [0.2, 0.25) is 0 Å². The fraction of sp³-hybridized carbons (Fsp3) is 0.323. The average molecular weight is 519 g/mol. The Morgan fingerprint density at radius 1 is 0.868 bits per heavy atom. The van der Waals surface area contributed by atoms with Crippen LogP contribution in [0.3, 0.4) is 0 Å². The fourth-order valence-corrected chi connectivity index (χ4v) is 3.64. The molecule has 4 N–H and O–H groups in total. The molecule has 0 aliphatic heterocycles. The number of nitrogens with zero attached hydrogens (tertiary/aromatic N) is 1. The third kappa shape index (κ3) is 10.2. The number of benzene rings is 3. The van der Waals surface area contributed by atoms with E-state index in [4.69, 9.17) is 5.73 Å². The number of nitrogens with one attached hydrogen (secondary N) is 2. The molecule has 0 heterocycles. The van der Waals surface area contributed by atoms with Crippen LogP contribution < -0.4 is 16.4 Å². The Balaban J connectivity index is 0.000000463. The normalized spacial score (nSPS) is 10.5. The van der Waals surface area contributed by atoms with E-state index in [0.717, 1.165) is 22.4 Å². The van der Waals surface area contributed by atoms with Gasteiger partial charge in [-0.1, -0.05) is 75.4 Å². The molecule has 0 spiro atoms. The first-order chi connectivity index (χ1) is 18.5. The first-order valence-electron chi connectivity index (χ1n) is 13.2. The number of nitrogens with two attached hydrogens (primary N) is 1. The molecule has 0 bridgehead atoms. The predicted molar refractivity (Wildman–Crippen MR) is 157 cm³/mol. The molecule has 3 aromatic rings. The second-order valence-electron chi connectivity index (χ2n) is 8.05. The average Bonchev–Trinajstić information content (AvgIpc) is 2.98. The van der Waals surface area contributed by atoms with Crippen molar-refractivity contribution < 1.29 is 14.4 Å². The molecule has 1 atom stereocenters. The Morgan fingerprint density at radius 3 is 2.00 bits per heavy atom. The molecule has 0 fully saturated rings. The largest absolute Gasteiger partial charge is 0.341 e. The van der Waals surface area contributed by atoms with Gasteiger partial charge in [0.25, 0.3) is 5.91 Å². The maximum atomic E-state index is 12.5. The van der Waals surface area contributed by atoms with E-state index in [0.29, 0.717) is 38.0 Å². The predicted octanol–water partition coefficient (Wildman–Crippen LogP) is 5.47. The van der Waals surface area contributed by atoms with E-state index in [2.05, 4.69) is 10.6 Å². The van der Waals surface area contributed by atoms with Crippen molar-refractivity contribution >= 4 is 23.9 Å². The summed E-state index contributed by atoms with van der Waals surface area (Å²) in [6.07, 6.45) is 1.22. The van der Waals surface area contributed by atoms with Crippen LogP contribution in [0, 0.1) is 0 Å². The van der Waals surface area contributed by atoms with Gasteiger partial charge in [0.2, 0.25) is 12.3 Å². The van der Waals surface area contributed by atoms with Gasteiger partial charge in [0, 0.05) is 30.9 Å². The van der Waals surface area contributed by atoms with Crippen molar-refractivity contribution in [2.45, 2.75) is 53.6 Å². The molecular formula is C31H42N4O3. The molecule has 3 rings (SSSR count). The summed E-state index contributed by atoms with van der Waals surface area (Å²) in [6, 6.07) is 24.4. The highest BCUT2D eigenvalue weighted by Gasteiger charge is 2.23. The Bertz CT molecular complexity index is 1100. The van der Waals surface area contributed by atoms with Crippen molar-refractivity contribution in [3.8, 4) is 11.1 Å². The Morgan fingerprint density at radius 2 is 1.47 bits per heavy atom. The van der Waals surface area contributed by atoms with Gasteiger partial charge in [-0.3, -0.25) is 14.4 Å². The molecule has 7 nitrogen and oxygen atoms in total. The minimum Gasteiger partial charge on any atom is -0.341 e. The van der Waals surface area contributed by atoms with E-state index in [1.807, 2.05) is 101 Å². The van der Waals surface area contributed by atoms with Crippen LogP contribution in [0.5, 0.6) is 0 Å². The zero-order valence-corrected chi connectivity index (χ0v) is 23.2. The minimum absolute atomic E-state index is 0.0262. The molecule has 0 radical (unpaired) electrons. The van der Waals surface area contributed by atoms with Crippen LogP contribution in [-0.4, -0.2) is 42.3 Å². The van der Waals surface area contributed by atoms with Crippen LogP contribution >= 0.6 is 0 Å². The van der Waals surface area contributed by atoms with Crippen molar-refractivity contribution in [3.63, 3.8) is 0 Å². The number of rotatable bonds is 10. The van der Waals surface area contributed by atoms with E-state index in [1.165, 1.54) is 0 Å². The van der Waals surface area contributed by atoms with Gasteiger partial charge >= 0.3 is 0 Å². The SMILES string of the molecule is CC.CCC(NC(=O)c1ccc(-c2ccccc2)cc1)C(=O)N(CC)CC.NCc1cccc(NC=O)c1. The van der Waals surface area contributed by atoms with E-state index >= 15 is 0 Å². The van der Waals surface area contributed by atoms with Crippen LogP contribution in [-0.2, 0) is 16.1 Å². The van der Waals surface area contributed by atoms with Crippen LogP contribution in [0.15, 0.2) is 78.9 Å². The summed E-state index contributed by atoms with van der Waals surface area (Å²) >= 11 is 0. The summed E-state index contributed by atoms with van der Waals surface area (Å²) in [4.78, 5) is 36.7. The van der Waals surface area contributed by atoms with Crippen LogP contribution in [0.1, 0.15) is 57.0 Å². The highest BCUT2D eigenvalue weighted by atomic mass is 16.2. The van der Waals surface area contributed by atoms with Gasteiger partial charge in [-0.25, -0.2) is 0 Å². The van der Waals surface area contributed by atoms with Gasteiger partial charge in [-0.05, 0) is 61.2 Å². The second-order valence-corrected chi connectivity index (χ2v) is 8.05. The molecule has 3 aromatic carbocycles. The van der Waals surface area contributed by atoms with E-state index < -0.39 is 6.04 Å². The van der Waals surface area contributed by atoms with E-state index in [9.17, 15) is 14.4 Å².